The Bertz CT molecular complexity index is 1300. The molecule has 2 aromatic carbocycles. The van der Waals surface area contributed by atoms with Gasteiger partial charge >= 0.3 is 12.1 Å². The van der Waals surface area contributed by atoms with Gasteiger partial charge in [0.2, 0.25) is 5.67 Å². The van der Waals surface area contributed by atoms with E-state index in [4.69, 9.17) is 0 Å². The van der Waals surface area contributed by atoms with E-state index in [1.54, 1.807) is 11.0 Å². The Hall–Kier alpha value is -2.97. The zero-order valence-electron chi connectivity index (χ0n) is 22.7. The number of carbonyl (C=O) groups is 2. The summed E-state index contributed by atoms with van der Waals surface area (Å²) in [6, 6.07) is 11.6. The summed E-state index contributed by atoms with van der Waals surface area (Å²) in [5.74, 6) is -2.27. The standard InChI is InChI=1S/C31H34F5NO3/c1-19-3-5-20(6-4-19)18-29-15-16-37(27(40)30(33)13-11-21(12-14-30)26(38)39)25(29)10-7-22-17-23(8-9-24(22)29)28(2,32)31(34,35)36/h3-6,8-9,17,21,25H,7,10-16,18H2,1-2H3,(H,38,39)/t21-,25?,28?,29?,30+. The highest BCUT2D eigenvalue weighted by Crippen LogP contribution is 2.52. The summed E-state index contributed by atoms with van der Waals surface area (Å²) >= 11 is 0. The number of halogens is 5. The SMILES string of the molecule is Cc1ccc(CC23CCN(C(=O)[C@]4(F)CC[C@@H](C(=O)O)CC4)C2CCc2cc(C(C)(F)C(F)(F)F)ccc23)cc1. The van der Waals surface area contributed by atoms with Gasteiger partial charge in [-0.1, -0.05) is 48.0 Å². The van der Waals surface area contributed by atoms with Gasteiger partial charge in [0, 0.05) is 18.0 Å². The van der Waals surface area contributed by atoms with Crippen LogP contribution in [0.25, 0.3) is 0 Å². The third-order valence-corrected chi connectivity index (χ3v) is 9.63. The molecule has 1 saturated heterocycles. The molecule has 5 rings (SSSR count). The van der Waals surface area contributed by atoms with Crippen LogP contribution < -0.4 is 0 Å². The first kappa shape index (κ1) is 28.6. The minimum absolute atomic E-state index is 0.0946. The van der Waals surface area contributed by atoms with Crippen LogP contribution in [0.1, 0.15) is 73.3 Å². The van der Waals surface area contributed by atoms with Crippen LogP contribution in [0.15, 0.2) is 42.5 Å². The molecule has 1 saturated carbocycles. The van der Waals surface area contributed by atoms with E-state index in [1.165, 1.54) is 12.1 Å². The minimum atomic E-state index is -5.07. The van der Waals surface area contributed by atoms with Crippen molar-refractivity contribution in [2.75, 3.05) is 6.54 Å². The molecule has 40 heavy (non-hydrogen) atoms. The quantitative estimate of drug-likeness (QED) is 0.410. The number of nitrogens with zero attached hydrogens (tertiary/aromatic N) is 1. The number of benzene rings is 2. The number of rotatable bonds is 5. The molecular weight excluding hydrogens is 529 g/mol. The number of carboxylic acid groups (broad SMARTS) is 1. The number of likely N-dealkylation sites (tertiary alicyclic amines) is 1. The van der Waals surface area contributed by atoms with Crippen LogP contribution in [0.3, 0.4) is 0 Å². The summed E-state index contributed by atoms with van der Waals surface area (Å²) in [6.45, 7) is 2.78. The van der Waals surface area contributed by atoms with E-state index >= 15 is 4.39 Å². The molecule has 3 atom stereocenters. The first-order valence-electron chi connectivity index (χ1n) is 13.9. The van der Waals surface area contributed by atoms with Gasteiger partial charge in [0.25, 0.3) is 5.91 Å². The Morgan fingerprint density at radius 2 is 1.65 bits per heavy atom. The Morgan fingerprint density at radius 3 is 2.25 bits per heavy atom. The fourth-order valence-corrected chi connectivity index (χ4v) is 7.13. The van der Waals surface area contributed by atoms with Gasteiger partial charge in [-0.3, -0.25) is 9.59 Å². The van der Waals surface area contributed by atoms with Crippen LogP contribution in [-0.2, 0) is 33.5 Å². The summed E-state index contributed by atoms with van der Waals surface area (Å²) in [4.78, 5) is 26.7. The van der Waals surface area contributed by atoms with E-state index in [-0.39, 0.29) is 38.3 Å². The third-order valence-electron chi connectivity index (χ3n) is 9.63. The van der Waals surface area contributed by atoms with Crippen LogP contribution in [0.5, 0.6) is 0 Å². The third kappa shape index (κ3) is 4.69. The topological polar surface area (TPSA) is 57.6 Å². The number of carbonyl (C=O) groups excluding carboxylic acids is 1. The van der Waals surface area contributed by atoms with Crippen LogP contribution in [0.2, 0.25) is 0 Å². The van der Waals surface area contributed by atoms with Crippen molar-refractivity contribution in [2.45, 2.75) is 94.2 Å². The molecule has 3 unspecified atom stereocenters. The van der Waals surface area contributed by atoms with E-state index < -0.39 is 46.3 Å². The first-order valence-corrected chi connectivity index (χ1v) is 13.9. The van der Waals surface area contributed by atoms with Crippen molar-refractivity contribution in [1.29, 1.82) is 0 Å². The van der Waals surface area contributed by atoms with Gasteiger partial charge in [0.15, 0.2) is 5.67 Å². The van der Waals surface area contributed by atoms with E-state index in [0.717, 1.165) is 16.7 Å². The van der Waals surface area contributed by atoms with Gasteiger partial charge in [-0.15, -0.1) is 0 Å². The Kier molecular flexibility index (Phi) is 7.02. The normalized spacial score (nSPS) is 29.8. The van der Waals surface area contributed by atoms with Crippen molar-refractivity contribution in [2.24, 2.45) is 5.92 Å². The lowest BCUT2D eigenvalue weighted by Gasteiger charge is -2.45. The molecule has 0 spiro atoms. The number of fused-ring (bicyclic) bond motifs is 3. The van der Waals surface area contributed by atoms with E-state index in [1.807, 2.05) is 31.2 Å². The number of aryl methyl sites for hydroxylation is 2. The summed E-state index contributed by atoms with van der Waals surface area (Å²) in [6.07, 6.45) is -3.44. The molecule has 1 N–H and O–H groups in total. The number of aliphatic carboxylic acids is 1. The molecule has 216 valence electrons. The fraction of sp³-hybridized carbons (Fsp3) is 0.548. The molecule has 1 heterocycles. The molecule has 0 aromatic heterocycles. The molecule has 2 fully saturated rings. The van der Waals surface area contributed by atoms with Crippen molar-refractivity contribution in [3.63, 3.8) is 0 Å². The average Bonchev–Trinajstić information content (AvgIpc) is 3.28. The highest BCUT2D eigenvalue weighted by Gasteiger charge is 2.57. The lowest BCUT2D eigenvalue weighted by atomic mass is 9.63. The monoisotopic (exact) mass is 563 g/mol. The summed E-state index contributed by atoms with van der Waals surface area (Å²) < 4.78 is 71.4. The zero-order chi connectivity index (χ0) is 29.1. The predicted molar refractivity (Wildman–Crippen MR) is 139 cm³/mol. The Morgan fingerprint density at radius 1 is 1.00 bits per heavy atom. The Balaban J connectivity index is 1.52. The molecule has 9 heteroatoms. The van der Waals surface area contributed by atoms with Crippen LogP contribution in [0.4, 0.5) is 22.0 Å². The summed E-state index contributed by atoms with van der Waals surface area (Å²) in [5.41, 5.74) is -3.30. The van der Waals surface area contributed by atoms with Crippen LogP contribution in [-0.4, -0.2) is 46.3 Å². The summed E-state index contributed by atoms with van der Waals surface area (Å²) in [7, 11) is 0. The van der Waals surface area contributed by atoms with Crippen molar-refractivity contribution in [1.82, 2.24) is 4.90 Å². The minimum Gasteiger partial charge on any atom is -0.481 e. The van der Waals surface area contributed by atoms with E-state index in [9.17, 15) is 32.3 Å². The van der Waals surface area contributed by atoms with Crippen LogP contribution >= 0.6 is 0 Å². The lowest BCUT2D eigenvalue weighted by molar-refractivity contribution is -0.228. The fourth-order valence-electron chi connectivity index (χ4n) is 7.13. The number of hydrogen-bond acceptors (Lipinski definition) is 2. The van der Waals surface area contributed by atoms with Gasteiger partial charge in [0.1, 0.15) is 0 Å². The van der Waals surface area contributed by atoms with Crippen molar-refractivity contribution >= 4 is 11.9 Å². The second-order valence-corrected chi connectivity index (χ2v) is 12.1. The molecule has 1 aliphatic heterocycles. The van der Waals surface area contributed by atoms with E-state index in [2.05, 4.69) is 0 Å². The number of amides is 1. The van der Waals surface area contributed by atoms with Gasteiger partial charge in [-0.2, -0.15) is 13.2 Å². The largest absolute Gasteiger partial charge is 0.481 e. The highest BCUT2D eigenvalue weighted by atomic mass is 19.4. The molecular formula is C31H34F5NO3. The second kappa shape index (κ2) is 9.84. The van der Waals surface area contributed by atoms with Crippen molar-refractivity contribution in [3.05, 3.63) is 70.3 Å². The maximum Gasteiger partial charge on any atom is 0.426 e. The Labute approximate surface area is 230 Å². The summed E-state index contributed by atoms with van der Waals surface area (Å²) in [5, 5.41) is 9.31. The molecule has 3 aliphatic rings. The van der Waals surface area contributed by atoms with Gasteiger partial charge in [0.05, 0.1) is 5.92 Å². The average molecular weight is 564 g/mol. The first-order chi connectivity index (χ1) is 18.7. The van der Waals surface area contributed by atoms with Gasteiger partial charge in [-0.05, 0) is 87.5 Å². The maximum absolute atomic E-state index is 16.1. The zero-order valence-corrected chi connectivity index (χ0v) is 22.7. The van der Waals surface area contributed by atoms with Crippen molar-refractivity contribution in [3.8, 4) is 0 Å². The lowest BCUT2D eigenvalue weighted by Crippen LogP contribution is -2.55. The van der Waals surface area contributed by atoms with Crippen molar-refractivity contribution < 1.29 is 36.6 Å². The molecule has 2 aromatic rings. The van der Waals surface area contributed by atoms with E-state index in [0.29, 0.717) is 38.2 Å². The second-order valence-electron chi connectivity index (χ2n) is 12.1. The molecule has 0 radical (unpaired) electrons. The number of hydrogen-bond donors (Lipinski definition) is 1. The predicted octanol–water partition coefficient (Wildman–Crippen LogP) is 6.75. The molecule has 0 bridgehead atoms. The van der Waals surface area contributed by atoms with Crippen LogP contribution in [0, 0.1) is 12.8 Å². The maximum atomic E-state index is 16.1. The van der Waals surface area contributed by atoms with Gasteiger partial charge < -0.3 is 10.0 Å². The molecule has 1 amide bonds. The number of carboxylic acids is 1. The number of alkyl halides is 5. The highest BCUT2D eigenvalue weighted by molar-refractivity contribution is 5.86. The smallest absolute Gasteiger partial charge is 0.426 e. The molecule has 2 aliphatic carbocycles. The molecule has 4 nitrogen and oxygen atoms in total. The van der Waals surface area contributed by atoms with Gasteiger partial charge in [-0.25, -0.2) is 8.78 Å².